The van der Waals surface area contributed by atoms with E-state index in [1.807, 2.05) is 24.1 Å². The Hall–Kier alpha value is -2.77. The van der Waals surface area contributed by atoms with Crippen LogP contribution < -0.4 is 18.9 Å². The Morgan fingerprint density at radius 1 is 1.18 bits per heavy atom. The average Bonchev–Trinajstić information content (AvgIpc) is 3.27. The summed E-state index contributed by atoms with van der Waals surface area (Å²) in [5.41, 5.74) is 1.42. The molecular weight excluding hydrogens is 362 g/mol. The molecule has 2 atom stereocenters. The average molecular weight is 383 g/mol. The third-order valence-corrected chi connectivity index (χ3v) is 6.18. The molecular formula is C21H21NO6. The van der Waals surface area contributed by atoms with Crippen LogP contribution in [0.25, 0.3) is 0 Å². The molecule has 0 aromatic heterocycles. The number of nitrogens with zero attached hydrogens (tertiary/aromatic N) is 1. The van der Waals surface area contributed by atoms with E-state index < -0.39 is 11.6 Å². The number of carbonyl (C=O) groups is 1. The third kappa shape index (κ3) is 1.92. The molecule has 1 spiro atoms. The lowest BCUT2D eigenvalue weighted by Gasteiger charge is -2.45. The first kappa shape index (κ1) is 17.3. The molecule has 0 fully saturated rings. The monoisotopic (exact) mass is 383 g/mol. The highest BCUT2D eigenvalue weighted by atomic mass is 16.7. The van der Waals surface area contributed by atoms with Gasteiger partial charge in [0.2, 0.25) is 6.79 Å². The molecule has 0 amide bonds. The van der Waals surface area contributed by atoms with Crippen LogP contribution in [0.15, 0.2) is 24.3 Å². The molecule has 2 aromatic rings. The van der Waals surface area contributed by atoms with E-state index in [1.54, 1.807) is 26.4 Å². The van der Waals surface area contributed by atoms with Crippen LogP contribution in [0.4, 0.5) is 0 Å². The molecule has 28 heavy (non-hydrogen) atoms. The standard InChI is InChI=1S/C21H21NO6/c1-22-7-6-11-8-15(25-2)16(26-3)9-13(11)21(22)19(23)12-4-5-14-18(28-10-27-14)17(12)20(21)24/h4-5,8-9,20,24H,6-7,10H2,1-3H3/t20-,21-/m1/s1. The summed E-state index contributed by atoms with van der Waals surface area (Å²) in [5.74, 6) is 1.99. The molecule has 7 heteroatoms. The lowest BCUT2D eigenvalue weighted by molar-refractivity contribution is -0.00852. The van der Waals surface area contributed by atoms with Gasteiger partial charge in [-0.15, -0.1) is 0 Å². The van der Waals surface area contributed by atoms with Crippen molar-refractivity contribution in [2.24, 2.45) is 0 Å². The number of hydrogen-bond acceptors (Lipinski definition) is 7. The number of ether oxygens (including phenoxy) is 4. The first-order valence-electron chi connectivity index (χ1n) is 9.16. The number of likely N-dealkylation sites (N-methyl/N-ethyl adjacent to an activating group) is 1. The number of fused-ring (bicyclic) bond motifs is 5. The minimum absolute atomic E-state index is 0.0805. The Bertz CT molecular complexity index is 1000. The number of rotatable bonds is 2. The second kappa shape index (κ2) is 5.86. The lowest BCUT2D eigenvalue weighted by atomic mass is 9.76. The van der Waals surface area contributed by atoms with Crippen LogP contribution in [0.3, 0.4) is 0 Å². The molecule has 0 bridgehead atoms. The maximum Gasteiger partial charge on any atom is 0.231 e. The predicted octanol–water partition coefficient (Wildman–Crippen LogP) is 2.05. The molecule has 2 aromatic carbocycles. The number of aliphatic hydroxyl groups excluding tert-OH is 1. The molecule has 2 heterocycles. The summed E-state index contributed by atoms with van der Waals surface area (Å²) < 4.78 is 22.0. The Morgan fingerprint density at radius 2 is 1.93 bits per heavy atom. The Kier molecular flexibility index (Phi) is 3.63. The second-order valence-electron chi connectivity index (χ2n) is 7.29. The van der Waals surface area contributed by atoms with Gasteiger partial charge in [-0.05, 0) is 48.9 Å². The van der Waals surface area contributed by atoms with E-state index >= 15 is 0 Å². The van der Waals surface area contributed by atoms with E-state index in [0.717, 1.165) is 17.5 Å². The smallest absolute Gasteiger partial charge is 0.231 e. The largest absolute Gasteiger partial charge is 0.493 e. The normalized spacial score (nSPS) is 25.0. The summed E-state index contributed by atoms with van der Waals surface area (Å²) in [6, 6.07) is 7.15. The highest BCUT2D eigenvalue weighted by molar-refractivity contribution is 6.10. The summed E-state index contributed by atoms with van der Waals surface area (Å²) in [5, 5.41) is 11.5. The van der Waals surface area contributed by atoms with Gasteiger partial charge in [0.05, 0.1) is 14.2 Å². The van der Waals surface area contributed by atoms with Gasteiger partial charge in [-0.25, -0.2) is 0 Å². The summed E-state index contributed by atoms with van der Waals surface area (Å²) in [6.07, 6.45) is -0.351. The van der Waals surface area contributed by atoms with Crippen molar-refractivity contribution in [1.82, 2.24) is 4.90 Å². The van der Waals surface area contributed by atoms with Crippen molar-refractivity contribution in [3.8, 4) is 23.0 Å². The summed E-state index contributed by atoms with van der Waals surface area (Å²) in [4.78, 5) is 15.7. The minimum atomic E-state index is -1.24. The molecule has 0 unspecified atom stereocenters. The summed E-state index contributed by atoms with van der Waals surface area (Å²) >= 11 is 0. The van der Waals surface area contributed by atoms with E-state index in [2.05, 4.69) is 0 Å². The van der Waals surface area contributed by atoms with Crippen molar-refractivity contribution < 1.29 is 28.8 Å². The maximum absolute atomic E-state index is 13.7. The fourth-order valence-corrected chi connectivity index (χ4v) is 4.81. The summed E-state index contributed by atoms with van der Waals surface area (Å²) in [7, 11) is 5.01. The van der Waals surface area contributed by atoms with Crippen molar-refractivity contribution in [2.45, 2.75) is 18.1 Å². The number of hydrogen-bond donors (Lipinski definition) is 1. The van der Waals surface area contributed by atoms with Crippen molar-refractivity contribution in [2.75, 3.05) is 34.6 Å². The van der Waals surface area contributed by atoms with Gasteiger partial charge < -0.3 is 24.1 Å². The zero-order valence-electron chi connectivity index (χ0n) is 15.9. The SMILES string of the molecule is COc1cc2c(cc1OC)[C@]1(C(=O)c3ccc4c(c3[C@H]1O)OCO4)N(C)CC2. The van der Waals surface area contributed by atoms with Crippen LogP contribution in [-0.4, -0.2) is 50.4 Å². The Labute approximate surface area is 162 Å². The van der Waals surface area contributed by atoms with Crippen molar-refractivity contribution >= 4 is 5.78 Å². The Balaban J connectivity index is 1.78. The predicted molar refractivity (Wildman–Crippen MR) is 99.4 cm³/mol. The lowest BCUT2D eigenvalue weighted by Crippen LogP contribution is -2.54. The maximum atomic E-state index is 13.7. The van der Waals surface area contributed by atoms with Gasteiger partial charge in [-0.1, -0.05) is 0 Å². The van der Waals surface area contributed by atoms with E-state index in [1.165, 1.54) is 0 Å². The van der Waals surface area contributed by atoms with Gasteiger partial charge in [0.25, 0.3) is 0 Å². The van der Waals surface area contributed by atoms with Crippen LogP contribution >= 0.6 is 0 Å². The number of methoxy groups -OCH3 is 2. The number of aliphatic hydroxyl groups is 1. The third-order valence-electron chi connectivity index (χ3n) is 6.18. The van der Waals surface area contributed by atoms with E-state index in [-0.39, 0.29) is 12.6 Å². The van der Waals surface area contributed by atoms with Gasteiger partial charge in [-0.2, -0.15) is 0 Å². The molecule has 2 aliphatic heterocycles. The molecule has 1 aliphatic carbocycles. The van der Waals surface area contributed by atoms with Gasteiger partial charge in [0.15, 0.2) is 28.8 Å². The second-order valence-corrected chi connectivity index (χ2v) is 7.29. The molecule has 5 rings (SSSR count). The number of carbonyl (C=O) groups excluding carboxylic acids is 1. The van der Waals surface area contributed by atoms with Crippen LogP contribution in [0, 0.1) is 0 Å². The molecule has 3 aliphatic rings. The van der Waals surface area contributed by atoms with Crippen LogP contribution in [0.5, 0.6) is 23.0 Å². The minimum Gasteiger partial charge on any atom is -0.493 e. The zero-order valence-corrected chi connectivity index (χ0v) is 15.9. The van der Waals surface area contributed by atoms with Gasteiger partial charge in [0.1, 0.15) is 11.6 Å². The van der Waals surface area contributed by atoms with Crippen molar-refractivity contribution in [3.05, 3.63) is 46.5 Å². The Morgan fingerprint density at radius 3 is 2.68 bits per heavy atom. The molecule has 1 N–H and O–H groups in total. The summed E-state index contributed by atoms with van der Waals surface area (Å²) in [6.45, 7) is 0.704. The molecule has 0 radical (unpaired) electrons. The fourth-order valence-electron chi connectivity index (χ4n) is 4.81. The first-order chi connectivity index (χ1) is 13.5. The quantitative estimate of drug-likeness (QED) is 0.850. The topological polar surface area (TPSA) is 77.5 Å². The van der Waals surface area contributed by atoms with E-state index in [0.29, 0.717) is 40.7 Å². The van der Waals surface area contributed by atoms with Gasteiger partial charge in [-0.3, -0.25) is 9.69 Å². The molecule has 7 nitrogen and oxygen atoms in total. The van der Waals surface area contributed by atoms with Crippen LogP contribution in [0.1, 0.15) is 33.2 Å². The van der Waals surface area contributed by atoms with Crippen LogP contribution in [-0.2, 0) is 12.0 Å². The molecule has 0 saturated carbocycles. The fraction of sp³-hybridized carbons (Fsp3) is 0.381. The van der Waals surface area contributed by atoms with E-state index in [4.69, 9.17) is 18.9 Å². The molecule has 146 valence electrons. The first-order valence-corrected chi connectivity index (χ1v) is 9.16. The number of Topliss-reactive ketones (excluding diaryl/α,β-unsaturated/α-hetero) is 1. The van der Waals surface area contributed by atoms with Gasteiger partial charge >= 0.3 is 0 Å². The zero-order chi connectivity index (χ0) is 19.6. The van der Waals surface area contributed by atoms with Gasteiger partial charge in [0, 0.05) is 17.7 Å². The number of benzene rings is 2. The van der Waals surface area contributed by atoms with Crippen LogP contribution in [0.2, 0.25) is 0 Å². The van der Waals surface area contributed by atoms with Crippen molar-refractivity contribution in [1.29, 1.82) is 0 Å². The molecule has 0 saturated heterocycles. The highest BCUT2D eigenvalue weighted by Gasteiger charge is 2.60. The number of ketones is 1. The van der Waals surface area contributed by atoms with E-state index in [9.17, 15) is 9.90 Å². The highest BCUT2D eigenvalue weighted by Crippen LogP contribution is 2.57. The van der Waals surface area contributed by atoms with Crippen molar-refractivity contribution in [3.63, 3.8) is 0 Å².